The molecule has 1 aliphatic rings. The van der Waals surface area contributed by atoms with Crippen molar-refractivity contribution < 1.29 is 23.1 Å². The van der Waals surface area contributed by atoms with Crippen LogP contribution in [0.5, 0.6) is 0 Å². The van der Waals surface area contributed by atoms with E-state index in [2.05, 4.69) is 19.9 Å². The Morgan fingerprint density at radius 2 is 1.71 bits per heavy atom. The van der Waals surface area contributed by atoms with Gasteiger partial charge in [0.05, 0.1) is 16.7 Å². The maximum absolute atomic E-state index is 13.0. The van der Waals surface area contributed by atoms with Crippen molar-refractivity contribution in [2.24, 2.45) is 5.41 Å². The third-order valence-corrected chi connectivity index (χ3v) is 6.77. The number of carboxylic acids is 1. The maximum Gasteiger partial charge on any atom is 0.416 e. The molecule has 4 aromatic rings. The number of halogens is 3. The lowest BCUT2D eigenvalue weighted by Gasteiger charge is -2.37. The van der Waals surface area contributed by atoms with Gasteiger partial charge in [-0.2, -0.15) is 13.2 Å². The van der Waals surface area contributed by atoms with Gasteiger partial charge in [-0.3, -0.25) is 9.78 Å². The number of benzene rings is 1. The number of nitrogens with zero attached hydrogens (tertiary/aromatic N) is 3. The minimum absolute atomic E-state index is 0.486. The normalized spacial score (nSPS) is 15.9. The van der Waals surface area contributed by atoms with Crippen LogP contribution >= 0.6 is 0 Å². The Balaban J connectivity index is 1.31. The summed E-state index contributed by atoms with van der Waals surface area (Å²) in [5.41, 5.74) is 2.26. The summed E-state index contributed by atoms with van der Waals surface area (Å²) < 4.78 is 39.0. The van der Waals surface area contributed by atoms with E-state index in [1.165, 1.54) is 6.07 Å². The van der Waals surface area contributed by atoms with Crippen molar-refractivity contribution in [3.8, 4) is 22.5 Å². The van der Waals surface area contributed by atoms with Gasteiger partial charge in [-0.05, 0) is 68.3 Å². The van der Waals surface area contributed by atoms with Crippen LogP contribution in [0.15, 0.2) is 60.9 Å². The van der Waals surface area contributed by atoms with Crippen LogP contribution in [0.3, 0.4) is 0 Å². The Bertz CT molecular complexity index is 1370. The Morgan fingerprint density at radius 3 is 2.31 bits per heavy atom. The Morgan fingerprint density at radius 1 is 1.00 bits per heavy atom. The van der Waals surface area contributed by atoms with Gasteiger partial charge in [-0.15, -0.1) is 0 Å². The largest absolute Gasteiger partial charge is 0.481 e. The van der Waals surface area contributed by atoms with Crippen LogP contribution in [-0.2, 0) is 11.0 Å². The van der Waals surface area contributed by atoms with Crippen molar-refractivity contribution in [3.63, 3.8) is 0 Å². The van der Waals surface area contributed by atoms with Crippen LogP contribution in [-0.4, -0.2) is 39.1 Å². The summed E-state index contributed by atoms with van der Waals surface area (Å²) in [6.45, 7) is 3.06. The van der Waals surface area contributed by atoms with E-state index in [0.717, 1.165) is 34.8 Å². The first kappa shape index (κ1) is 22.9. The summed E-state index contributed by atoms with van der Waals surface area (Å²) in [7, 11) is 0. The van der Waals surface area contributed by atoms with E-state index in [1.54, 1.807) is 25.4 Å². The highest BCUT2D eigenvalue weighted by atomic mass is 19.4. The van der Waals surface area contributed by atoms with Crippen LogP contribution in [0.4, 0.5) is 19.0 Å². The van der Waals surface area contributed by atoms with Crippen LogP contribution < -0.4 is 4.90 Å². The number of hydrogen-bond donors (Lipinski definition) is 2. The molecular weight excluding hydrogens is 457 g/mol. The lowest BCUT2D eigenvalue weighted by molar-refractivity contribution is -0.149. The smallest absolute Gasteiger partial charge is 0.416 e. The predicted molar refractivity (Wildman–Crippen MR) is 127 cm³/mol. The molecule has 1 aromatic carbocycles. The summed E-state index contributed by atoms with van der Waals surface area (Å²) in [5.74, 6) is 0.0441. The zero-order valence-corrected chi connectivity index (χ0v) is 18.9. The minimum Gasteiger partial charge on any atom is -0.481 e. The number of carbonyl (C=O) groups is 1. The molecule has 0 unspecified atom stereocenters. The number of alkyl halides is 3. The SMILES string of the molecule is CC1(C(=O)O)CCN(c2ccc(-c3ccc(-c4cc5cc(C(F)(F)F)ccc5[nH]4)cn3)cn2)CC1. The maximum atomic E-state index is 13.0. The molecule has 5 rings (SSSR count). The van der Waals surface area contributed by atoms with Gasteiger partial charge in [0.2, 0.25) is 0 Å². The molecule has 0 radical (unpaired) electrons. The van der Waals surface area contributed by atoms with Crippen molar-refractivity contribution in [3.05, 3.63) is 66.5 Å². The van der Waals surface area contributed by atoms with Crippen LogP contribution in [0.2, 0.25) is 0 Å². The average molecular weight is 480 g/mol. The van der Waals surface area contributed by atoms with E-state index >= 15 is 0 Å². The summed E-state index contributed by atoms with van der Waals surface area (Å²) in [5, 5.41) is 9.89. The molecule has 9 heteroatoms. The first-order chi connectivity index (χ1) is 16.6. The predicted octanol–water partition coefficient (Wildman–Crippen LogP) is 6.00. The van der Waals surface area contributed by atoms with E-state index in [4.69, 9.17) is 0 Å². The molecule has 0 bridgehead atoms. The first-order valence-corrected chi connectivity index (χ1v) is 11.2. The fourth-order valence-corrected chi connectivity index (χ4v) is 4.36. The number of anilines is 1. The quantitative estimate of drug-likeness (QED) is 0.374. The molecule has 1 aliphatic heterocycles. The molecule has 6 nitrogen and oxygen atoms in total. The molecule has 0 atom stereocenters. The molecule has 180 valence electrons. The van der Waals surface area contributed by atoms with E-state index < -0.39 is 23.1 Å². The number of aromatic nitrogens is 3. The summed E-state index contributed by atoms with van der Waals surface area (Å²) in [4.78, 5) is 25.7. The van der Waals surface area contributed by atoms with Crippen molar-refractivity contribution in [1.29, 1.82) is 0 Å². The van der Waals surface area contributed by atoms with Gasteiger partial charge >= 0.3 is 12.1 Å². The second kappa shape index (κ2) is 8.41. The number of fused-ring (bicyclic) bond motifs is 1. The number of pyridine rings is 2. The molecule has 1 saturated heterocycles. The standard InChI is InChI=1S/C26H23F3N4O2/c1-25(24(34)35)8-10-33(11-9-25)23-7-3-16(15-31-23)20-5-2-17(14-30-20)22-13-18-12-19(26(27,28)29)4-6-21(18)32-22/h2-7,12-15,32H,8-11H2,1H3,(H,34,35). The van der Waals surface area contributed by atoms with Gasteiger partial charge in [0.25, 0.3) is 0 Å². The molecule has 4 heterocycles. The fraction of sp³-hybridized carbons (Fsp3) is 0.269. The topological polar surface area (TPSA) is 82.1 Å². The number of H-pyrrole nitrogens is 1. The van der Waals surface area contributed by atoms with Crippen LogP contribution in [0.1, 0.15) is 25.3 Å². The third kappa shape index (κ3) is 4.45. The number of rotatable bonds is 4. The van der Waals surface area contributed by atoms with Crippen molar-refractivity contribution in [2.45, 2.75) is 25.9 Å². The lowest BCUT2D eigenvalue weighted by atomic mass is 9.80. The zero-order chi connectivity index (χ0) is 24.8. The molecule has 0 aliphatic carbocycles. The molecule has 1 fully saturated rings. The Hall–Kier alpha value is -3.88. The molecule has 35 heavy (non-hydrogen) atoms. The van der Waals surface area contributed by atoms with Gasteiger partial charge in [0.15, 0.2) is 0 Å². The Kier molecular flexibility index (Phi) is 5.50. The Labute approximate surface area is 199 Å². The van der Waals surface area contributed by atoms with Gasteiger partial charge in [-0.25, -0.2) is 4.98 Å². The zero-order valence-electron chi connectivity index (χ0n) is 18.9. The van der Waals surface area contributed by atoms with E-state index in [9.17, 15) is 23.1 Å². The number of piperidine rings is 1. The van der Waals surface area contributed by atoms with Gasteiger partial charge in [0.1, 0.15) is 5.82 Å². The highest BCUT2D eigenvalue weighted by molar-refractivity contribution is 5.86. The molecule has 2 N–H and O–H groups in total. The van der Waals surface area contributed by atoms with Gasteiger partial charge in [0, 0.05) is 53.2 Å². The lowest BCUT2D eigenvalue weighted by Crippen LogP contribution is -2.43. The van der Waals surface area contributed by atoms with Crippen molar-refractivity contribution in [1.82, 2.24) is 15.0 Å². The van der Waals surface area contributed by atoms with Crippen molar-refractivity contribution >= 4 is 22.7 Å². The molecule has 0 saturated carbocycles. The minimum atomic E-state index is -4.38. The number of carboxylic acid groups (broad SMARTS) is 1. The number of aliphatic carboxylic acids is 1. The molecule has 0 spiro atoms. The highest BCUT2D eigenvalue weighted by Gasteiger charge is 2.37. The van der Waals surface area contributed by atoms with Gasteiger partial charge < -0.3 is 15.0 Å². The summed E-state index contributed by atoms with van der Waals surface area (Å²) in [6, 6.07) is 12.9. The molecule has 0 amide bonds. The molecule has 3 aromatic heterocycles. The first-order valence-electron chi connectivity index (χ1n) is 11.2. The number of nitrogens with one attached hydrogen (secondary N) is 1. The highest BCUT2D eigenvalue weighted by Crippen LogP contribution is 2.34. The third-order valence-electron chi connectivity index (χ3n) is 6.77. The summed E-state index contributed by atoms with van der Waals surface area (Å²) in [6.07, 6.45) is 0.172. The summed E-state index contributed by atoms with van der Waals surface area (Å²) >= 11 is 0. The van der Waals surface area contributed by atoms with Crippen molar-refractivity contribution in [2.75, 3.05) is 18.0 Å². The average Bonchev–Trinajstić information content (AvgIpc) is 3.28. The fourth-order valence-electron chi connectivity index (χ4n) is 4.36. The number of hydrogen-bond acceptors (Lipinski definition) is 4. The van der Waals surface area contributed by atoms with Gasteiger partial charge in [-0.1, -0.05) is 0 Å². The van der Waals surface area contributed by atoms with E-state index in [0.29, 0.717) is 42.5 Å². The number of aromatic amines is 1. The van der Waals surface area contributed by atoms with Crippen LogP contribution in [0.25, 0.3) is 33.4 Å². The second-order valence-corrected chi connectivity index (χ2v) is 9.17. The van der Waals surface area contributed by atoms with E-state index in [1.807, 2.05) is 24.3 Å². The van der Waals surface area contributed by atoms with E-state index in [-0.39, 0.29) is 0 Å². The molecular formula is C26H23F3N4O2. The van der Waals surface area contributed by atoms with Crippen LogP contribution in [0, 0.1) is 5.41 Å². The second-order valence-electron chi connectivity index (χ2n) is 9.17. The monoisotopic (exact) mass is 480 g/mol.